The standard InChI is InChI=1S/C39H38ClN3O5S/c1-3-41-39(45)37(26-30-12-6-4-7-13-30)42(27-31-14-10-11-17-36(31)40)38(44)28-43(49(46,47)35-24-18-29(2)19-25-35)32-20-22-34(23-21-32)48-33-15-8-5-9-16-33/h4-25,37H,3,26-28H2,1-2H3,(H,41,45)/t37-/m1/s1. The SMILES string of the molecule is CCNC(=O)[C@@H](Cc1ccccc1)N(Cc1ccccc1Cl)C(=O)CN(c1ccc(Oc2ccccc2)cc1)S(=O)(=O)c1ccc(C)cc1. The number of ether oxygens (including phenoxy) is 1. The lowest BCUT2D eigenvalue weighted by molar-refractivity contribution is -0.140. The highest BCUT2D eigenvalue weighted by Gasteiger charge is 2.34. The summed E-state index contributed by atoms with van der Waals surface area (Å²) < 4.78 is 35.6. The number of carbonyl (C=O) groups is 2. The summed E-state index contributed by atoms with van der Waals surface area (Å²) in [5.74, 6) is 0.183. The summed E-state index contributed by atoms with van der Waals surface area (Å²) in [7, 11) is -4.25. The molecule has 5 rings (SSSR count). The highest BCUT2D eigenvalue weighted by molar-refractivity contribution is 7.92. The van der Waals surface area contributed by atoms with Gasteiger partial charge in [-0.15, -0.1) is 0 Å². The van der Waals surface area contributed by atoms with Gasteiger partial charge in [0.25, 0.3) is 10.0 Å². The molecule has 0 unspecified atom stereocenters. The van der Waals surface area contributed by atoms with Crippen molar-refractivity contribution >= 4 is 39.1 Å². The van der Waals surface area contributed by atoms with Crippen molar-refractivity contribution in [3.05, 3.63) is 155 Å². The fourth-order valence-electron chi connectivity index (χ4n) is 5.33. The highest BCUT2D eigenvalue weighted by atomic mass is 35.5. The lowest BCUT2D eigenvalue weighted by atomic mass is 10.0. The van der Waals surface area contributed by atoms with Gasteiger partial charge in [-0.05, 0) is 79.6 Å². The summed E-state index contributed by atoms with van der Waals surface area (Å²) in [4.78, 5) is 29.7. The Bertz CT molecular complexity index is 1960. The summed E-state index contributed by atoms with van der Waals surface area (Å²) in [6.07, 6.45) is 0.207. The number of para-hydroxylation sites is 1. The molecule has 2 amide bonds. The number of nitrogens with zero attached hydrogens (tertiary/aromatic N) is 2. The number of hydrogen-bond acceptors (Lipinski definition) is 5. The molecule has 10 heteroatoms. The van der Waals surface area contributed by atoms with Crippen LogP contribution in [0.5, 0.6) is 11.5 Å². The van der Waals surface area contributed by atoms with Crippen LogP contribution in [0.25, 0.3) is 0 Å². The van der Waals surface area contributed by atoms with E-state index in [0.29, 0.717) is 28.6 Å². The molecule has 0 fully saturated rings. The number of aryl methyl sites for hydroxylation is 1. The number of likely N-dealkylation sites (N-methyl/N-ethyl adjacent to an activating group) is 1. The van der Waals surface area contributed by atoms with Crippen LogP contribution in [0.2, 0.25) is 5.02 Å². The van der Waals surface area contributed by atoms with Crippen molar-refractivity contribution in [2.75, 3.05) is 17.4 Å². The van der Waals surface area contributed by atoms with Gasteiger partial charge in [0, 0.05) is 24.5 Å². The average Bonchev–Trinajstić information content (AvgIpc) is 3.11. The summed E-state index contributed by atoms with van der Waals surface area (Å²) >= 11 is 6.56. The number of sulfonamides is 1. The Hall–Kier alpha value is -5.12. The molecule has 0 aromatic heterocycles. The Morgan fingerprint density at radius 3 is 2.00 bits per heavy atom. The number of halogens is 1. The molecular weight excluding hydrogens is 658 g/mol. The minimum atomic E-state index is -4.25. The summed E-state index contributed by atoms with van der Waals surface area (Å²) in [5.41, 5.74) is 2.61. The molecule has 1 atom stereocenters. The topological polar surface area (TPSA) is 96.0 Å². The number of nitrogens with one attached hydrogen (secondary N) is 1. The molecule has 8 nitrogen and oxygen atoms in total. The van der Waals surface area contributed by atoms with Crippen LogP contribution in [0.4, 0.5) is 5.69 Å². The van der Waals surface area contributed by atoms with Crippen LogP contribution in [0, 0.1) is 6.92 Å². The number of carbonyl (C=O) groups excluding carboxylic acids is 2. The molecule has 5 aromatic rings. The largest absolute Gasteiger partial charge is 0.457 e. The fraction of sp³-hybridized carbons (Fsp3) is 0.179. The highest BCUT2D eigenvalue weighted by Crippen LogP contribution is 2.29. The summed E-state index contributed by atoms with van der Waals surface area (Å²) in [6.45, 7) is 3.42. The first-order valence-electron chi connectivity index (χ1n) is 15.9. The van der Waals surface area contributed by atoms with Crippen molar-refractivity contribution in [1.82, 2.24) is 10.2 Å². The lowest BCUT2D eigenvalue weighted by Crippen LogP contribution is -2.53. The normalized spacial score (nSPS) is 11.7. The maximum Gasteiger partial charge on any atom is 0.264 e. The number of anilines is 1. The van der Waals surface area contributed by atoms with Crippen LogP contribution in [-0.2, 0) is 32.6 Å². The monoisotopic (exact) mass is 695 g/mol. The number of rotatable bonds is 14. The van der Waals surface area contributed by atoms with E-state index in [1.165, 1.54) is 17.0 Å². The molecule has 0 heterocycles. The second-order valence-corrected chi connectivity index (χ2v) is 13.7. The van der Waals surface area contributed by atoms with E-state index in [0.717, 1.165) is 15.4 Å². The van der Waals surface area contributed by atoms with Gasteiger partial charge in [-0.2, -0.15) is 0 Å². The molecule has 1 N–H and O–H groups in total. The smallest absolute Gasteiger partial charge is 0.264 e. The Morgan fingerprint density at radius 2 is 1.37 bits per heavy atom. The van der Waals surface area contributed by atoms with Gasteiger partial charge in [0.1, 0.15) is 24.1 Å². The van der Waals surface area contributed by atoms with Crippen LogP contribution >= 0.6 is 11.6 Å². The predicted molar refractivity (Wildman–Crippen MR) is 193 cm³/mol. The summed E-state index contributed by atoms with van der Waals surface area (Å²) in [5, 5.41) is 3.29. The van der Waals surface area contributed by atoms with Crippen LogP contribution in [0.15, 0.2) is 138 Å². The summed E-state index contributed by atoms with van der Waals surface area (Å²) in [6, 6.07) is 37.7. The van der Waals surface area contributed by atoms with Crippen LogP contribution in [0.1, 0.15) is 23.6 Å². The molecule has 252 valence electrons. The number of hydrogen-bond donors (Lipinski definition) is 1. The molecule has 0 spiro atoms. The van der Waals surface area contributed by atoms with Crippen LogP contribution < -0.4 is 14.4 Å². The van der Waals surface area contributed by atoms with Crippen molar-refractivity contribution in [2.45, 2.75) is 37.8 Å². The molecule has 0 bridgehead atoms. The Balaban J connectivity index is 1.56. The molecule has 0 saturated carbocycles. The maximum absolute atomic E-state index is 14.6. The molecule has 0 aliphatic rings. The molecule has 0 aliphatic heterocycles. The van der Waals surface area contributed by atoms with Crippen molar-refractivity contribution in [3.63, 3.8) is 0 Å². The quantitative estimate of drug-likeness (QED) is 0.131. The average molecular weight is 696 g/mol. The van der Waals surface area contributed by atoms with E-state index in [9.17, 15) is 18.0 Å². The zero-order chi connectivity index (χ0) is 34.8. The van der Waals surface area contributed by atoms with Crippen molar-refractivity contribution in [1.29, 1.82) is 0 Å². The third-order valence-electron chi connectivity index (χ3n) is 7.91. The fourth-order valence-corrected chi connectivity index (χ4v) is 6.94. The van der Waals surface area contributed by atoms with Gasteiger partial charge in [-0.1, -0.05) is 96.0 Å². The van der Waals surface area contributed by atoms with E-state index in [4.69, 9.17) is 16.3 Å². The first kappa shape index (κ1) is 35.2. The predicted octanol–water partition coefficient (Wildman–Crippen LogP) is 7.41. The van der Waals surface area contributed by atoms with E-state index in [1.807, 2.05) is 67.6 Å². The van der Waals surface area contributed by atoms with E-state index in [-0.39, 0.29) is 29.5 Å². The second kappa shape index (κ2) is 16.3. The van der Waals surface area contributed by atoms with Gasteiger partial charge in [-0.3, -0.25) is 13.9 Å². The van der Waals surface area contributed by atoms with Gasteiger partial charge in [0.15, 0.2) is 0 Å². The van der Waals surface area contributed by atoms with E-state index < -0.39 is 28.5 Å². The first-order valence-corrected chi connectivity index (χ1v) is 17.7. The molecular formula is C39H38ClN3O5S. The number of benzene rings is 5. The second-order valence-electron chi connectivity index (χ2n) is 11.4. The van der Waals surface area contributed by atoms with E-state index in [1.54, 1.807) is 67.6 Å². The van der Waals surface area contributed by atoms with Gasteiger partial charge in [-0.25, -0.2) is 8.42 Å². The third kappa shape index (κ3) is 9.07. The number of amides is 2. The minimum Gasteiger partial charge on any atom is -0.457 e. The molecule has 49 heavy (non-hydrogen) atoms. The zero-order valence-corrected chi connectivity index (χ0v) is 28.9. The molecule has 5 aromatic carbocycles. The lowest BCUT2D eigenvalue weighted by Gasteiger charge is -2.34. The molecule has 0 radical (unpaired) electrons. The Morgan fingerprint density at radius 1 is 0.776 bits per heavy atom. The maximum atomic E-state index is 14.6. The van der Waals surface area contributed by atoms with Crippen molar-refractivity contribution < 1.29 is 22.7 Å². The van der Waals surface area contributed by atoms with Gasteiger partial charge < -0.3 is 15.0 Å². The van der Waals surface area contributed by atoms with Gasteiger partial charge in [0.05, 0.1) is 10.6 Å². The van der Waals surface area contributed by atoms with E-state index in [2.05, 4.69) is 5.32 Å². The van der Waals surface area contributed by atoms with Crippen molar-refractivity contribution in [3.8, 4) is 11.5 Å². The molecule has 0 saturated heterocycles. The first-order chi connectivity index (χ1) is 23.7. The zero-order valence-electron chi connectivity index (χ0n) is 27.3. The van der Waals surface area contributed by atoms with Crippen molar-refractivity contribution in [2.24, 2.45) is 0 Å². The van der Waals surface area contributed by atoms with Gasteiger partial charge in [0.2, 0.25) is 11.8 Å². The van der Waals surface area contributed by atoms with Gasteiger partial charge >= 0.3 is 0 Å². The van der Waals surface area contributed by atoms with Crippen LogP contribution in [0.3, 0.4) is 0 Å². The van der Waals surface area contributed by atoms with Crippen LogP contribution in [-0.4, -0.2) is 44.3 Å². The molecule has 0 aliphatic carbocycles. The third-order valence-corrected chi connectivity index (χ3v) is 10.1. The minimum absolute atomic E-state index is 0.0184. The Labute approximate surface area is 293 Å². The Kier molecular flexibility index (Phi) is 11.7. The van der Waals surface area contributed by atoms with E-state index >= 15 is 0 Å².